The first-order chi connectivity index (χ1) is 11.3. The number of nitrogens with zero attached hydrogens (tertiary/aromatic N) is 1. The highest BCUT2D eigenvalue weighted by Gasteiger charge is 2.27. The zero-order valence-corrected chi connectivity index (χ0v) is 14.3. The number of likely N-dealkylation sites (tertiary alicyclic amines) is 1. The maximum atomic E-state index is 12.7. The van der Waals surface area contributed by atoms with Crippen LogP contribution in [0.25, 0.3) is 5.57 Å². The van der Waals surface area contributed by atoms with Gasteiger partial charge in [-0.25, -0.2) is 0 Å². The van der Waals surface area contributed by atoms with Crippen molar-refractivity contribution in [3.8, 4) is 0 Å². The molecule has 23 heavy (non-hydrogen) atoms. The maximum absolute atomic E-state index is 12.7. The van der Waals surface area contributed by atoms with E-state index >= 15 is 0 Å². The molecule has 1 aromatic heterocycles. The fourth-order valence-corrected chi connectivity index (χ4v) is 4.68. The zero-order chi connectivity index (χ0) is 15.8. The number of Topliss-reactive ketones (excluding diaryl/α,β-unsaturated/α-hetero) is 1. The molecule has 118 valence electrons. The predicted octanol–water partition coefficient (Wildman–Crippen LogP) is 4.40. The number of rotatable bonds is 1. The van der Waals surface area contributed by atoms with E-state index in [1.54, 1.807) is 11.3 Å². The molecule has 0 bridgehead atoms. The van der Waals surface area contributed by atoms with E-state index in [1.807, 2.05) is 12.1 Å². The number of carbonyl (C=O) groups excluding carboxylic acids is 1. The molecule has 1 saturated heterocycles. The van der Waals surface area contributed by atoms with E-state index in [1.165, 1.54) is 21.6 Å². The Morgan fingerprint density at radius 2 is 1.78 bits per heavy atom. The molecule has 1 aliphatic carbocycles. The highest BCUT2D eigenvalue weighted by atomic mass is 32.1. The summed E-state index contributed by atoms with van der Waals surface area (Å²) < 4.78 is 0. The summed E-state index contributed by atoms with van der Waals surface area (Å²) in [5.41, 5.74) is 6.22. The van der Waals surface area contributed by atoms with Crippen molar-refractivity contribution in [2.75, 3.05) is 19.6 Å². The standard InChI is InChI=1S/C20H21NOS/c1-2-21-10-7-14(8-11-21)20-16-6-4-3-5-15(16)18(22)13-19-17(20)9-12-23-19/h3-6,9,12H,2,7-8,10-11,13H2,1H3. The lowest BCUT2D eigenvalue weighted by Crippen LogP contribution is -2.30. The summed E-state index contributed by atoms with van der Waals surface area (Å²) >= 11 is 1.72. The van der Waals surface area contributed by atoms with E-state index in [-0.39, 0.29) is 5.78 Å². The molecule has 0 unspecified atom stereocenters. The minimum atomic E-state index is 0.255. The van der Waals surface area contributed by atoms with Crippen molar-refractivity contribution in [2.24, 2.45) is 0 Å². The molecule has 2 aliphatic rings. The summed E-state index contributed by atoms with van der Waals surface area (Å²) in [7, 11) is 0. The average molecular weight is 323 g/mol. The van der Waals surface area contributed by atoms with Gasteiger partial charge in [0.15, 0.2) is 5.78 Å². The summed E-state index contributed by atoms with van der Waals surface area (Å²) in [6, 6.07) is 10.4. The quantitative estimate of drug-likeness (QED) is 0.775. The number of ketones is 1. The molecule has 1 aliphatic heterocycles. The van der Waals surface area contributed by atoms with Gasteiger partial charge in [0.1, 0.15) is 0 Å². The van der Waals surface area contributed by atoms with E-state index in [0.29, 0.717) is 6.42 Å². The Balaban J connectivity index is 1.89. The number of hydrogen-bond donors (Lipinski definition) is 0. The molecule has 0 amide bonds. The second-order valence-corrected chi connectivity index (χ2v) is 7.32. The summed E-state index contributed by atoms with van der Waals surface area (Å²) in [5, 5.41) is 2.13. The lowest BCUT2D eigenvalue weighted by Gasteiger charge is -2.29. The topological polar surface area (TPSA) is 20.3 Å². The molecular weight excluding hydrogens is 302 g/mol. The summed E-state index contributed by atoms with van der Waals surface area (Å²) in [4.78, 5) is 16.4. The van der Waals surface area contributed by atoms with Gasteiger partial charge < -0.3 is 4.90 Å². The van der Waals surface area contributed by atoms with Gasteiger partial charge in [0.05, 0.1) is 0 Å². The van der Waals surface area contributed by atoms with Gasteiger partial charge in [-0.1, -0.05) is 36.8 Å². The van der Waals surface area contributed by atoms with E-state index in [0.717, 1.165) is 43.6 Å². The zero-order valence-electron chi connectivity index (χ0n) is 13.5. The van der Waals surface area contributed by atoms with Gasteiger partial charge in [0.2, 0.25) is 0 Å². The lowest BCUT2D eigenvalue weighted by molar-refractivity contribution is 0.0994. The molecule has 2 aromatic rings. The summed E-state index contributed by atoms with van der Waals surface area (Å²) in [6.45, 7) is 5.62. The average Bonchev–Trinajstić information content (AvgIpc) is 3.00. The first-order valence-corrected chi connectivity index (χ1v) is 9.29. The Kier molecular flexibility index (Phi) is 3.92. The van der Waals surface area contributed by atoms with Crippen LogP contribution in [0.1, 0.15) is 46.1 Å². The van der Waals surface area contributed by atoms with Crippen LogP contribution in [0.4, 0.5) is 0 Å². The van der Waals surface area contributed by atoms with E-state index in [2.05, 4.69) is 35.4 Å². The minimum absolute atomic E-state index is 0.255. The monoisotopic (exact) mass is 323 g/mol. The number of fused-ring (bicyclic) bond motifs is 2. The van der Waals surface area contributed by atoms with Gasteiger partial charge in [-0.2, -0.15) is 0 Å². The van der Waals surface area contributed by atoms with Crippen LogP contribution in [0.3, 0.4) is 0 Å². The number of piperidine rings is 1. The Morgan fingerprint density at radius 1 is 1.04 bits per heavy atom. The van der Waals surface area contributed by atoms with Crippen LogP contribution in [0.2, 0.25) is 0 Å². The second-order valence-electron chi connectivity index (χ2n) is 6.32. The Bertz CT molecular complexity index is 776. The third kappa shape index (κ3) is 2.58. The van der Waals surface area contributed by atoms with E-state index in [9.17, 15) is 4.79 Å². The molecule has 0 spiro atoms. The molecule has 1 fully saturated rings. The van der Waals surface area contributed by atoms with Crippen LogP contribution in [0.5, 0.6) is 0 Å². The Labute approximate surface area is 141 Å². The summed E-state index contributed by atoms with van der Waals surface area (Å²) in [6.07, 6.45) is 2.77. The second kappa shape index (κ2) is 6.06. The fourth-order valence-electron chi connectivity index (χ4n) is 3.80. The molecule has 4 rings (SSSR count). The van der Waals surface area contributed by atoms with Crippen molar-refractivity contribution in [2.45, 2.75) is 26.2 Å². The first kappa shape index (κ1) is 14.9. The van der Waals surface area contributed by atoms with Crippen LogP contribution in [-0.4, -0.2) is 30.3 Å². The molecule has 0 saturated carbocycles. The maximum Gasteiger partial charge on any atom is 0.168 e. The Morgan fingerprint density at radius 3 is 2.52 bits per heavy atom. The number of thiophene rings is 1. The largest absolute Gasteiger partial charge is 0.303 e. The van der Waals surface area contributed by atoms with E-state index in [4.69, 9.17) is 0 Å². The molecule has 2 heterocycles. The van der Waals surface area contributed by atoms with Crippen LogP contribution in [-0.2, 0) is 6.42 Å². The van der Waals surface area contributed by atoms with Crippen LogP contribution in [0, 0.1) is 0 Å². The van der Waals surface area contributed by atoms with Gasteiger partial charge in [0.25, 0.3) is 0 Å². The van der Waals surface area contributed by atoms with Crippen molar-refractivity contribution >= 4 is 22.7 Å². The lowest BCUT2D eigenvalue weighted by atomic mass is 9.87. The minimum Gasteiger partial charge on any atom is -0.303 e. The third-order valence-electron chi connectivity index (χ3n) is 5.09. The van der Waals surface area contributed by atoms with Gasteiger partial charge in [-0.15, -0.1) is 11.3 Å². The van der Waals surface area contributed by atoms with Crippen molar-refractivity contribution in [3.05, 3.63) is 62.9 Å². The van der Waals surface area contributed by atoms with Gasteiger partial charge in [0, 0.05) is 30.0 Å². The number of hydrogen-bond acceptors (Lipinski definition) is 3. The van der Waals surface area contributed by atoms with Gasteiger partial charge in [-0.3, -0.25) is 4.79 Å². The molecule has 0 N–H and O–H groups in total. The van der Waals surface area contributed by atoms with Gasteiger partial charge >= 0.3 is 0 Å². The van der Waals surface area contributed by atoms with Crippen LogP contribution < -0.4 is 0 Å². The third-order valence-corrected chi connectivity index (χ3v) is 6.01. The van der Waals surface area contributed by atoms with Crippen molar-refractivity contribution < 1.29 is 4.79 Å². The molecule has 3 heteroatoms. The molecule has 1 aromatic carbocycles. The van der Waals surface area contributed by atoms with Crippen LogP contribution >= 0.6 is 11.3 Å². The first-order valence-electron chi connectivity index (χ1n) is 8.41. The van der Waals surface area contributed by atoms with Crippen molar-refractivity contribution in [3.63, 3.8) is 0 Å². The predicted molar refractivity (Wildman–Crippen MR) is 96.2 cm³/mol. The molecule has 0 atom stereocenters. The smallest absolute Gasteiger partial charge is 0.168 e. The van der Waals surface area contributed by atoms with E-state index < -0.39 is 0 Å². The van der Waals surface area contributed by atoms with Crippen molar-refractivity contribution in [1.29, 1.82) is 0 Å². The molecular formula is C20H21NOS. The normalized spacial score (nSPS) is 18.6. The Hall–Kier alpha value is -1.71. The molecule has 2 nitrogen and oxygen atoms in total. The fraction of sp³-hybridized carbons (Fsp3) is 0.350. The highest BCUT2D eigenvalue weighted by molar-refractivity contribution is 7.10. The van der Waals surface area contributed by atoms with Crippen LogP contribution in [0.15, 0.2) is 41.3 Å². The highest BCUT2D eigenvalue weighted by Crippen LogP contribution is 2.40. The van der Waals surface area contributed by atoms with Gasteiger partial charge in [-0.05, 0) is 47.5 Å². The van der Waals surface area contributed by atoms with Crippen molar-refractivity contribution in [1.82, 2.24) is 4.90 Å². The summed E-state index contributed by atoms with van der Waals surface area (Å²) in [5.74, 6) is 0.255. The number of carbonyl (C=O) groups is 1. The SMILES string of the molecule is CCN1CCC(=C2c3ccccc3C(=O)Cc3sccc32)CC1. The molecule has 0 radical (unpaired) electrons. The number of benzene rings is 1.